The van der Waals surface area contributed by atoms with E-state index < -0.39 is 6.16 Å². The maximum Gasteiger partial charge on any atom is 2.00 e. The molecule has 0 aromatic carbocycles. The molecule has 0 amide bonds. The van der Waals surface area contributed by atoms with Crippen molar-refractivity contribution >= 4 is 23.1 Å². The van der Waals surface area contributed by atoms with E-state index in [0.717, 1.165) is 0 Å². The van der Waals surface area contributed by atoms with Gasteiger partial charge >= 0.3 is 48.1 Å². The third kappa shape index (κ3) is 5.07. The molecule has 4 nitrogen and oxygen atoms in total. The zero-order valence-corrected chi connectivity index (χ0v) is 5.33. The van der Waals surface area contributed by atoms with Crippen LogP contribution in [-0.2, 0) is 9.78 Å². The smallest absolute Gasteiger partial charge is 1.00 e. The van der Waals surface area contributed by atoms with Gasteiger partial charge in [0.2, 0.25) is 0 Å². The normalized spacial score (nSPS) is 21.4. The van der Waals surface area contributed by atoms with E-state index in [1.54, 1.807) is 0 Å². The van der Waals surface area contributed by atoms with Crippen molar-refractivity contribution in [2.45, 2.75) is 6.16 Å². The Morgan fingerprint density at radius 1 is 1.29 bits per heavy atom. The monoisotopic (exact) mass is 112 g/mol. The topological polar surface area (TPSA) is 65.5 Å². The third-order valence-electron chi connectivity index (χ3n) is 0.232. The first-order valence-corrected chi connectivity index (χ1v) is 1.02. The minimum Gasteiger partial charge on any atom is -1.00 e. The van der Waals surface area contributed by atoms with Crippen LogP contribution in [0.1, 0.15) is 4.28 Å². The van der Waals surface area contributed by atoms with Gasteiger partial charge in [-0.05, 0) is 0 Å². The Morgan fingerprint density at radius 2 is 1.43 bits per heavy atom. The molecule has 0 atom stereocenters. The molecule has 1 saturated heterocycles. The van der Waals surface area contributed by atoms with Crippen LogP contribution < -0.4 is 18.9 Å². The first kappa shape index (κ1) is 11.1. The van der Waals surface area contributed by atoms with Crippen LogP contribution in [0.5, 0.6) is 0 Å². The summed E-state index contributed by atoms with van der Waals surface area (Å²) in [4.78, 5) is 7.01. The Labute approximate surface area is 72.5 Å². The number of rotatable bonds is 0. The quantitative estimate of drug-likeness (QED) is 0.143. The van der Waals surface area contributed by atoms with Crippen molar-refractivity contribution in [3.8, 4) is 0 Å². The molecule has 0 aliphatic carbocycles. The predicted molar refractivity (Wildman–Crippen MR) is 18.4 cm³/mol. The van der Waals surface area contributed by atoms with Crippen molar-refractivity contribution < 1.29 is 43.1 Å². The molecule has 0 unspecified atom stereocenters. The van der Waals surface area contributed by atoms with E-state index >= 15 is 0 Å². The second-order valence-corrected chi connectivity index (χ2v) is 0.715. The predicted octanol–water partition coefficient (Wildman–Crippen LogP) is -4.50. The van der Waals surface area contributed by atoms with Crippen molar-refractivity contribution in [1.82, 2.24) is 0 Å². The summed E-state index contributed by atoms with van der Waals surface area (Å²) in [7, 11) is 0. The SMILES string of the molecule is OC1(O)OO1.[H-].[H-].[H-].[Li+].[Mg+2]. The second-order valence-electron chi connectivity index (χ2n) is 0.715. The van der Waals surface area contributed by atoms with Gasteiger partial charge in [-0.3, -0.25) is 0 Å². The van der Waals surface area contributed by atoms with Crippen molar-refractivity contribution in [3.63, 3.8) is 0 Å². The fourth-order valence-electron chi connectivity index (χ4n) is 0.0373. The molecular formula is CH5LiMgO4. The molecule has 0 spiro atoms. The molecule has 0 aromatic heterocycles. The van der Waals surface area contributed by atoms with Gasteiger partial charge in [-0.15, -0.1) is 9.78 Å². The Kier molecular flexibility index (Phi) is 5.17. The van der Waals surface area contributed by atoms with Crippen LogP contribution in [0.15, 0.2) is 0 Å². The first-order valence-electron chi connectivity index (χ1n) is 1.02. The summed E-state index contributed by atoms with van der Waals surface area (Å²) in [6.07, 6.45) is -2.25. The number of hydrogen-bond acceptors (Lipinski definition) is 4. The fourth-order valence-corrected chi connectivity index (χ4v) is 0.0373. The summed E-state index contributed by atoms with van der Waals surface area (Å²) in [5.74, 6) is 0. The van der Waals surface area contributed by atoms with Gasteiger partial charge in [0.1, 0.15) is 0 Å². The second kappa shape index (κ2) is 3.27. The Hall–Kier alpha value is 1.20. The van der Waals surface area contributed by atoms with Crippen molar-refractivity contribution in [2.75, 3.05) is 0 Å². The van der Waals surface area contributed by atoms with Crippen LogP contribution in [0.4, 0.5) is 0 Å². The van der Waals surface area contributed by atoms with Gasteiger partial charge < -0.3 is 14.5 Å². The van der Waals surface area contributed by atoms with E-state index in [4.69, 9.17) is 10.2 Å². The van der Waals surface area contributed by atoms with Crippen molar-refractivity contribution in [2.24, 2.45) is 0 Å². The molecule has 1 rings (SSSR count). The Bertz CT molecular complexity index is 58.5. The van der Waals surface area contributed by atoms with Gasteiger partial charge in [-0.25, -0.2) is 0 Å². The third-order valence-corrected chi connectivity index (χ3v) is 0.232. The van der Waals surface area contributed by atoms with Gasteiger partial charge in [0.15, 0.2) is 0 Å². The summed E-state index contributed by atoms with van der Waals surface area (Å²) in [6.45, 7) is 0. The van der Waals surface area contributed by atoms with Crippen LogP contribution in [0.2, 0.25) is 0 Å². The molecule has 1 aliphatic rings. The number of aliphatic hydroxyl groups is 2. The zero-order chi connectivity index (χ0) is 3.91. The molecule has 6 heteroatoms. The summed E-state index contributed by atoms with van der Waals surface area (Å²) in [6, 6.07) is 0. The van der Waals surface area contributed by atoms with E-state index in [0.29, 0.717) is 0 Å². The molecule has 1 fully saturated rings. The Balaban J connectivity index is -0.0000000167. The zero-order valence-electron chi connectivity index (χ0n) is 6.92. The van der Waals surface area contributed by atoms with Gasteiger partial charge in [0.25, 0.3) is 0 Å². The average molecular weight is 112 g/mol. The van der Waals surface area contributed by atoms with E-state index in [-0.39, 0.29) is 46.2 Å². The molecule has 36 valence electrons. The molecule has 2 N–H and O–H groups in total. The molecule has 1 heterocycles. The summed E-state index contributed by atoms with van der Waals surface area (Å²) >= 11 is 0. The molecule has 0 saturated carbocycles. The number of hydrogen-bond donors (Lipinski definition) is 2. The van der Waals surface area contributed by atoms with Gasteiger partial charge in [-0.2, -0.15) is 0 Å². The first-order chi connectivity index (χ1) is 2.21. The molecule has 7 heavy (non-hydrogen) atoms. The van der Waals surface area contributed by atoms with E-state index in [9.17, 15) is 0 Å². The van der Waals surface area contributed by atoms with Crippen molar-refractivity contribution in [1.29, 1.82) is 0 Å². The molecule has 0 aromatic rings. The van der Waals surface area contributed by atoms with Gasteiger partial charge in [0.05, 0.1) is 0 Å². The van der Waals surface area contributed by atoms with Crippen LogP contribution >= 0.6 is 0 Å². The van der Waals surface area contributed by atoms with Crippen LogP contribution in [0.25, 0.3) is 0 Å². The summed E-state index contributed by atoms with van der Waals surface area (Å²) < 4.78 is 0. The van der Waals surface area contributed by atoms with E-state index in [1.165, 1.54) is 0 Å². The molecular weight excluding hydrogens is 107 g/mol. The summed E-state index contributed by atoms with van der Waals surface area (Å²) in [5, 5.41) is 15.5. The van der Waals surface area contributed by atoms with E-state index in [1.807, 2.05) is 0 Å². The van der Waals surface area contributed by atoms with Crippen LogP contribution in [0.3, 0.4) is 0 Å². The fraction of sp³-hybridized carbons (Fsp3) is 1.00. The minimum absolute atomic E-state index is 0. The summed E-state index contributed by atoms with van der Waals surface area (Å²) in [5.41, 5.74) is 0. The molecule has 0 radical (unpaired) electrons. The standard InChI is InChI=1S/CH2O4.Li.Mg.3H/c2-1(3)4-5-1;;;;;/h2-3H;;;;;/q;+1;+2;3*-1. The van der Waals surface area contributed by atoms with Crippen molar-refractivity contribution in [3.05, 3.63) is 0 Å². The maximum atomic E-state index is 7.74. The minimum atomic E-state index is -2.25. The maximum absolute atomic E-state index is 7.74. The largest absolute Gasteiger partial charge is 2.00 e. The average Bonchev–Trinajstić information content (AvgIpc) is 1.76. The molecule has 1 aliphatic heterocycles. The van der Waals surface area contributed by atoms with Crippen LogP contribution in [0, 0.1) is 0 Å². The van der Waals surface area contributed by atoms with Gasteiger partial charge in [0, 0.05) is 0 Å². The van der Waals surface area contributed by atoms with Crippen LogP contribution in [-0.4, -0.2) is 39.4 Å². The van der Waals surface area contributed by atoms with Gasteiger partial charge in [-0.1, -0.05) is 0 Å². The molecule has 0 bridgehead atoms. The van der Waals surface area contributed by atoms with E-state index in [2.05, 4.69) is 9.78 Å². The Morgan fingerprint density at radius 3 is 1.43 bits per heavy atom.